The highest BCUT2D eigenvalue weighted by Gasteiger charge is 2.11. The van der Waals surface area contributed by atoms with E-state index in [1.165, 1.54) is 13.2 Å². The number of hydrogen-bond donors (Lipinski definition) is 1. The van der Waals surface area contributed by atoms with Crippen molar-refractivity contribution in [3.63, 3.8) is 0 Å². The molecule has 0 aromatic heterocycles. The molecule has 17 heavy (non-hydrogen) atoms. The minimum absolute atomic E-state index is 0.0963. The summed E-state index contributed by atoms with van der Waals surface area (Å²) in [6, 6.07) is 8.29. The summed E-state index contributed by atoms with van der Waals surface area (Å²) < 4.78 is 30.8. The fourth-order valence-electron chi connectivity index (χ4n) is 1.58. The van der Waals surface area contributed by atoms with Crippen LogP contribution in [-0.2, 0) is 0 Å². The third-order valence-electron chi connectivity index (χ3n) is 2.45. The zero-order chi connectivity index (χ0) is 12.4. The molecule has 2 rings (SSSR count). The number of benzene rings is 2. The number of hydrogen-bond acceptors (Lipinski definition) is 2. The maximum absolute atomic E-state index is 13.1. The van der Waals surface area contributed by atoms with Crippen LogP contribution >= 0.6 is 0 Å². The summed E-state index contributed by atoms with van der Waals surface area (Å²) in [5.74, 6) is -1.69. The molecule has 0 spiro atoms. The van der Waals surface area contributed by atoms with Crippen molar-refractivity contribution in [3.05, 3.63) is 48.0 Å². The van der Waals surface area contributed by atoms with E-state index in [2.05, 4.69) is 0 Å². The fourth-order valence-corrected chi connectivity index (χ4v) is 1.58. The predicted octanol–water partition coefficient (Wildman–Crippen LogP) is 3.35. The Labute approximate surface area is 97.1 Å². The summed E-state index contributed by atoms with van der Waals surface area (Å²) in [7, 11) is 1.42. The quantitative estimate of drug-likeness (QED) is 0.866. The van der Waals surface area contributed by atoms with Crippen molar-refractivity contribution in [2.24, 2.45) is 0 Å². The van der Waals surface area contributed by atoms with Gasteiger partial charge in [0.2, 0.25) is 0 Å². The first kappa shape index (κ1) is 11.4. The zero-order valence-corrected chi connectivity index (χ0v) is 9.08. The largest absolute Gasteiger partial charge is 0.504 e. The van der Waals surface area contributed by atoms with E-state index in [-0.39, 0.29) is 11.5 Å². The van der Waals surface area contributed by atoms with Gasteiger partial charge in [0.05, 0.1) is 7.11 Å². The summed E-state index contributed by atoms with van der Waals surface area (Å²) in [6.45, 7) is 0. The van der Waals surface area contributed by atoms with Crippen LogP contribution < -0.4 is 4.74 Å². The van der Waals surface area contributed by atoms with Gasteiger partial charge in [-0.1, -0.05) is 18.2 Å². The Kier molecular flexibility index (Phi) is 2.95. The van der Waals surface area contributed by atoms with Gasteiger partial charge in [0.15, 0.2) is 23.1 Å². The molecule has 0 saturated carbocycles. The number of para-hydroxylation sites is 1. The van der Waals surface area contributed by atoms with Crippen molar-refractivity contribution in [1.29, 1.82) is 0 Å². The van der Waals surface area contributed by atoms with E-state index >= 15 is 0 Å². The molecule has 0 unspecified atom stereocenters. The topological polar surface area (TPSA) is 29.5 Å². The lowest BCUT2D eigenvalue weighted by molar-refractivity contribution is 0.374. The number of phenols is 1. The molecule has 0 atom stereocenters. The number of phenolic OH excluding ortho intramolecular Hbond substituents is 1. The van der Waals surface area contributed by atoms with Crippen LogP contribution in [0.2, 0.25) is 0 Å². The first-order chi connectivity index (χ1) is 8.13. The summed E-state index contributed by atoms with van der Waals surface area (Å²) in [6.07, 6.45) is 0. The molecule has 0 amide bonds. The van der Waals surface area contributed by atoms with E-state index in [1.54, 1.807) is 18.2 Å². The number of methoxy groups -OCH3 is 1. The van der Waals surface area contributed by atoms with Gasteiger partial charge in [-0.3, -0.25) is 0 Å². The Morgan fingerprint density at radius 1 is 1.06 bits per heavy atom. The summed E-state index contributed by atoms with van der Waals surface area (Å²) in [4.78, 5) is 0. The van der Waals surface area contributed by atoms with Gasteiger partial charge < -0.3 is 9.84 Å². The molecule has 88 valence electrons. The molecule has 0 aliphatic heterocycles. The van der Waals surface area contributed by atoms with E-state index < -0.39 is 11.6 Å². The van der Waals surface area contributed by atoms with Crippen molar-refractivity contribution >= 4 is 0 Å². The van der Waals surface area contributed by atoms with Gasteiger partial charge in [-0.15, -0.1) is 0 Å². The van der Waals surface area contributed by atoms with Crippen LogP contribution in [0, 0.1) is 11.6 Å². The second-order valence-electron chi connectivity index (χ2n) is 3.49. The number of aromatic hydroxyl groups is 1. The maximum Gasteiger partial charge on any atom is 0.165 e. The number of ether oxygens (including phenoxy) is 1. The monoisotopic (exact) mass is 236 g/mol. The lowest BCUT2D eigenvalue weighted by Gasteiger charge is -2.09. The molecule has 0 fully saturated rings. The van der Waals surface area contributed by atoms with E-state index in [4.69, 9.17) is 4.74 Å². The van der Waals surface area contributed by atoms with Gasteiger partial charge in [-0.2, -0.15) is 0 Å². The molecule has 4 heteroatoms. The first-order valence-corrected chi connectivity index (χ1v) is 4.95. The van der Waals surface area contributed by atoms with Crippen LogP contribution in [0.4, 0.5) is 8.78 Å². The average Bonchev–Trinajstić information content (AvgIpc) is 2.33. The molecule has 0 aliphatic carbocycles. The zero-order valence-electron chi connectivity index (χ0n) is 9.08. The molecule has 0 bridgehead atoms. The standard InChI is InChI=1S/C13H10F2O2/c1-17-12-4-2-3-9(13(12)16)8-5-6-10(14)11(15)7-8/h2-7,16H,1H3. The first-order valence-electron chi connectivity index (χ1n) is 4.95. The van der Waals surface area contributed by atoms with Gasteiger partial charge in [-0.25, -0.2) is 8.78 Å². The van der Waals surface area contributed by atoms with Crippen molar-refractivity contribution < 1.29 is 18.6 Å². The van der Waals surface area contributed by atoms with Crippen molar-refractivity contribution in [1.82, 2.24) is 0 Å². The minimum atomic E-state index is -0.954. The van der Waals surface area contributed by atoms with Crippen molar-refractivity contribution in [3.8, 4) is 22.6 Å². The molecule has 0 heterocycles. The number of halogens is 2. The summed E-state index contributed by atoms with van der Waals surface area (Å²) >= 11 is 0. The van der Waals surface area contributed by atoms with Gasteiger partial charge in [0, 0.05) is 5.56 Å². The number of rotatable bonds is 2. The molecular weight excluding hydrogens is 226 g/mol. The Morgan fingerprint density at radius 2 is 1.82 bits per heavy atom. The van der Waals surface area contributed by atoms with Crippen LogP contribution in [0.1, 0.15) is 0 Å². The third kappa shape index (κ3) is 2.06. The molecule has 2 nitrogen and oxygen atoms in total. The van der Waals surface area contributed by atoms with Crippen LogP contribution in [-0.4, -0.2) is 12.2 Å². The van der Waals surface area contributed by atoms with Crippen molar-refractivity contribution in [2.45, 2.75) is 0 Å². The predicted molar refractivity (Wildman–Crippen MR) is 60.0 cm³/mol. The summed E-state index contributed by atoms with van der Waals surface area (Å²) in [5.41, 5.74) is 0.781. The molecule has 2 aromatic carbocycles. The van der Waals surface area contributed by atoms with Crippen molar-refractivity contribution in [2.75, 3.05) is 7.11 Å². The Hall–Kier alpha value is -2.10. The molecule has 1 N–H and O–H groups in total. The molecule has 0 aliphatic rings. The lowest BCUT2D eigenvalue weighted by atomic mass is 10.0. The van der Waals surface area contributed by atoms with E-state index in [9.17, 15) is 13.9 Å². The molecule has 2 aromatic rings. The normalized spacial score (nSPS) is 10.3. The second-order valence-corrected chi connectivity index (χ2v) is 3.49. The smallest absolute Gasteiger partial charge is 0.165 e. The minimum Gasteiger partial charge on any atom is -0.504 e. The molecule has 0 radical (unpaired) electrons. The molecular formula is C13H10F2O2. The van der Waals surface area contributed by atoms with E-state index in [0.717, 1.165) is 12.1 Å². The van der Waals surface area contributed by atoms with Crippen LogP contribution in [0.15, 0.2) is 36.4 Å². The second kappa shape index (κ2) is 4.41. The fraction of sp³-hybridized carbons (Fsp3) is 0.0769. The van der Waals surface area contributed by atoms with Gasteiger partial charge in [-0.05, 0) is 23.8 Å². The van der Waals surface area contributed by atoms with Crippen LogP contribution in [0.25, 0.3) is 11.1 Å². The SMILES string of the molecule is COc1cccc(-c2ccc(F)c(F)c2)c1O. The average molecular weight is 236 g/mol. The lowest BCUT2D eigenvalue weighted by Crippen LogP contribution is -1.88. The van der Waals surface area contributed by atoms with Gasteiger partial charge in [0.1, 0.15) is 0 Å². The van der Waals surface area contributed by atoms with Crippen LogP contribution in [0.3, 0.4) is 0 Å². The Morgan fingerprint density at radius 3 is 2.47 bits per heavy atom. The van der Waals surface area contributed by atoms with Gasteiger partial charge >= 0.3 is 0 Å². The third-order valence-corrected chi connectivity index (χ3v) is 2.45. The highest BCUT2D eigenvalue weighted by atomic mass is 19.2. The Balaban J connectivity index is 2.56. The summed E-state index contributed by atoms with van der Waals surface area (Å²) in [5, 5.41) is 9.86. The Bertz CT molecular complexity index is 553. The highest BCUT2D eigenvalue weighted by molar-refractivity contribution is 5.73. The highest BCUT2D eigenvalue weighted by Crippen LogP contribution is 2.36. The van der Waals surface area contributed by atoms with E-state index in [0.29, 0.717) is 11.1 Å². The van der Waals surface area contributed by atoms with Crippen LogP contribution in [0.5, 0.6) is 11.5 Å². The molecule has 0 saturated heterocycles. The van der Waals surface area contributed by atoms with E-state index in [1.807, 2.05) is 0 Å². The maximum atomic E-state index is 13.1. The van der Waals surface area contributed by atoms with Gasteiger partial charge in [0.25, 0.3) is 0 Å².